The van der Waals surface area contributed by atoms with Crippen LogP contribution in [0, 0.1) is 5.92 Å². The second kappa shape index (κ2) is 11.1. The van der Waals surface area contributed by atoms with E-state index in [2.05, 4.69) is 37.4 Å². The third-order valence-corrected chi connectivity index (χ3v) is 7.69. The molecular weight excluding hydrogens is 468 g/mol. The van der Waals surface area contributed by atoms with Crippen LogP contribution in [0.4, 0.5) is 0 Å². The van der Waals surface area contributed by atoms with Crippen LogP contribution in [0.1, 0.15) is 43.7 Å². The van der Waals surface area contributed by atoms with Gasteiger partial charge in [0.25, 0.3) is 0 Å². The number of rotatable bonds is 7. The predicted octanol–water partition coefficient (Wildman–Crippen LogP) is 3.29. The number of benzene rings is 2. The van der Waals surface area contributed by atoms with Crippen LogP contribution in [0.15, 0.2) is 36.4 Å². The van der Waals surface area contributed by atoms with Crippen LogP contribution in [0.5, 0.6) is 17.5 Å². The Bertz CT molecular complexity index is 1200. The summed E-state index contributed by atoms with van der Waals surface area (Å²) >= 11 is 0. The zero-order chi connectivity index (χ0) is 25.9. The summed E-state index contributed by atoms with van der Waals surface area (Å²) in [5.41, 5.74) is 3.01. The fourth-order valence-electron chi connectivity index (χ4n) is 5.52. The molecule has 0 spiro atoms. The van der Waals surface area contributed by atoms with E-state index in [0.717, 1.165) is 38.6 Å². The number of hydrogen-bond acceptors (Lipinski definition) is 8. The summed E-state index contributed by atoms with van der Waals surface area (Å²) in [6, 6.07) is 10.8. The fourth-order valence-corrected chi connectivity index (χ4v) is 5.52. The Morgan fingerprint density at radius 1 is 0.892 bits per heavy atom. The Morgan fingerprint density at radius 3 is 2.27 bits per heavy atom. The van der Waals surface area contributed by atoms with Crippen LogP contribution >= 0.6 is 0 Å². The summed E-state index contributed by atoms with van der Waals surface area (Å²) in [6.07, 6.45) is 2.49. The number of piperidine rings is 1. The summed E-state index contributed by atoms with van der Waals surface area (Å²) in [6.45, 7) is 12.8. The van der Waals surface area contributed by atoms with Gasteiger partial charge in [-0.1, -0.05) is 31.1 Å². The van der Waals surface area contributed by atoms with Crippen molar-refractivity contribution < 1.29 is 15.3 Å². The minimum Gasteiger partial charge on any atom is -0.508 e. The van der Waals surface area contributed by atoms with Gasteiger partial charge < -0.3 is 25.5 Å². The molecule has 0 bridgehead atoms. The smallest absolute Gasteiger partial charge is 0.319 e. The minimum absolute atomic E-state index is 0.0312. The highest BCUT2D eigenvalue weighted by Crippen LogP contribution is 2.38. The van der Waals surface area contributed by atoms with Gasteiger partial charge in [-0.25, -0.2) is 4.57 Å². The molecule has 3 aromatic rings. The Kier molecular flexibility index (Phi) is 7.64. The van der Waals surface area contributed by atoms with Gasteiger partial charge in [-0.3, -0.25) is 4.90 Å². The maximum atomic E-state index is 10.5. The number of likely N-dealkylation sites (tertiary alicyclic amines) is 1. The zero-order valence-corrected chi connectivity index (χ0v) is 21.8. The SMILES string of the molecule is CC(C)c1cc(-c2nnc(O)n2-c2ccc(CN3CCC(CN4CCNCC4)CC3)cc2)c(O)cc1O. The van der Waals surface area contributed by atoms with Crippen molar-refractivity contribution in [3.8, 4) is 34.6 Å². The Morgan fingerprint density at radius 2 is 1.59 bits per heavy atom. The van der Waals surface area contributed by atoms with Crippen molar-refractivity contribution in [3.05, 3.63) is 47.5 Å². The molecule has 5 rings (SSSR count). The van der Waals surface area contributed by atoms with Gasteiger partial charge in [-0.2, -0.15) is 0 Å². The van der Waals surface area contributed by atoms with E-state index in [0.29, 0.717) is 22.6 Å². The zero-order valence-electron chi connectivity index (χ0n) is 21.8. The van der Waals surface area contributed by atoms with Crippen LogP contribution in [0.2, 0.25) is 0 Å². The van der Waals surface area contributed by atoms with Crippen LogP contribution in [-0.2, 0) is 6.54 Å². The number of nitrogens with one attached hydrogen (secondary N) is 1. The molecule has 9 heteroatoms. The molecule has 37 heavy (non-hydrogen) atoms. The van der Waals surface area contributed by atoms with Crippen molar-refractivity contribution in [2.45, 2.75) is 39.2 Å². The molecule has 0 atom stereocenters. The number of aromatic nitrogens is 3. The first-order chi connectivity index (χ1) is 17.9. The van der Waals surface area contributed by atoms with E-state index in [4.69, 9.17) is 0 Å². The molecule has 0 radical (unpaired) electrons. The number of phenolic OH excluding ortho intramolecular Hbond substituents is 2. The summed E-state index contributed by atoms with van der Waals surface area (Å²) in [4.78, 5) is 5.12. The van der Waals surface area contributed by atoms with Gasteiger partial charge in [0, 0.05) is 45.3 Å². The first-order valence-corrected chi connectivity index (χ1v) is 13.3. The highest BCUT2D eigenvalue weighted by atomic mass is 16.3. The lowest BCUT2D eigenvalue weighted by Crippen LogP contribution is -2.46. The lowest BCUT2D eigenvalue weighted by molar-refractivity contribution is 0.132. The van der Waals surface area contributed by atoms with E-state index in [1.807, 2.05) is 26.0 Å². The maximum absolute atomic E-state index is 10.5. The lowest BCUT2D eigenvalue weighted by Gasteiger charge is -2.36. The number of aromatic hydroxyl groups is 3. The summed E-state index contributed by atoms with van der Waals surface area (Å²) in [7, 11) is 0. The molecule has 0 unspecified atom stereocenters. The molecule has 198 valence electrons. The summed E-state index contributed by atoms with van der Waals surface area (Å²) in [5.74, 6) is 1.07. The number of nitrogens with zero attached hydrogens (tertiary/aromatic N) is 5. The number of phenols is 2. The molecule has 4 N–H and O–H groups in total. The molecule has 9 nitrogen and oxygen atoms in total. The Hall–Kier alpha value is -3.14. The molecule has 3 heterocycles. The standard InChI is InChI=1S/C28H38N6O3/c1-19(2)23-15-24(26(36)16-25(23)35)27-30-31-28(37)34(27)22-5-3-20(4-6-22)17-32-11-7-21(8-12-32)18-33-13-9-29-10-14-33/h3-6,15-16,19,21,29,35-36H,7-14,17-18H2,1-2H3,(H,31,37). The average molecular weight is 507 g/mol. The van der Waals surface area contributed by atoms with Crippen LogP contribution in [-0.4, -0.2) is 85.7 Å². The van der Waals surface area contributed by atoms with Crippen LogP contribution in [0.25, 0.3) is 17.1 Å². The predicted molar refractivity (Wildman–Crippen MR) is 143 cm³/mol. The first kappa shape index (κ1) is 25.5. The second-order valence-electron chi connectivity index (χ2n) is 10.7. The van der Waals surface area contributed by atoms with E-state index < -0.39 is 0 Å². The summed E-state index contributed by atoms with van der Waals surface area (Å²) < 4.78 is 1.52. The third kappa shape index (κ3) is 5.74. The second-order valence-corrected chi connectivity index (χ2v) is 10.7. The molecular formula is C28H38N6O3. The van der Waals surface area contributed by atoms with Crippen molar-refractivity contribution >= 4 is 0 Å². The van der Waals surface area contributed by atoms with Crippen molar-refractivity contribution in [2.75, 3.05) is 45.8 Å². The van der Waals surface area contributed by atoms with Crippen molar-refractivity contribution in [1.82, 2.24) is 29.9 Å². The number of hydrogen-bond donors (Lipinski definition) is 4. The molecule has 0 aliphatic carbocycles. The van der Waals surface area contributed by atoms with E-state index in [-0.39, 0.29) is 23.4 Å². The van der Waals surface area contributed by atoms with E-state index >= 15 is 0 Å². The molecule has 2 aliphatic rings. The van der Waals surface area contributed by atoms with Crippen LogP contribution in [0.3, 0.4) is 0 Å². The Balaban J connectivity index is 1.26. The van der Waals surface area contributed by atoms with Gasteiger partial charge in [-0.05, 0) is 67.1 Å². The minimum atomic E-state index is -0.257. The molecule has 2 aliphatic heterocycles. The van der Waals surface area contributed by atoms with E-state index in [1.165, 1.54) is 48.7 Å². The molecule has 0 amide bonds. The molecule has 0 saturated carbocycles. The first-order valence-electron chi connectivity index (χ1n) is 13.3. The molecule has 1 aromatic heterocycles. The monoisotopic (exact) mass is 506 g/mol. The van der Waals surface area contributed by atoms with Gasteiger partial charge in [0.05, 0.1) is 11.3 Å². The van der Waals surface area contributed by atoms with E-state index in [9.17, 15) is 15.3 Å². The Labute approximate surface area is 218 Å². The molecule has 2 aromatic carbocycles. The van der Waals surface area contributed by atoms with Crippen molar-refractivity contribution in [2.24, 2.45) is 5.92 Å². The third-order valence-electron chi connectivity index (χ3n) is 7.69. The molecule has 2 fully saturated rings. The highest BCUT2D eigenvalue weighted by molar-refractivity contribution is 5.69. The van der Waals surface area contributed by atoms with E-state index in [1.54, 1.807) is 6.07 Å². The fraction of sp³-hybridized carbons (Fsp3) is 0.500. The largest absolute Gasteiger partial charge is 0.508 e. The van der Waals surface area contributed by atoms with Gasteiger partial charge in [0.1, 0.15) is 11.5 Å². The average Bonchev–Trinajstić information content (AvgIpc) is 3.27. The van der Waals surface area contributed by atoms with Gasteiger partial charge in [0.2, 0.25) is 0 Å². The van der Waals surface area contributed by atoms with Gasteiger partial charge in [0.15, 0.2) is 5.82 Å². The number of piperazine rings is 1. The van der Waals surface area contributed by atoms with Crippen molar-refractivity contribution in [1.29, 1.82) is 0 Å². The summed E-state index contributed by atoms with van der Waals surface area (Å²) in [5, 5.41) is 42.6. The quantitative estimate of drug-likeness (QED) is 0.387. The lowest BCUT2D eigenvalue weighted by atomic mass is 9.95. The van der Waals surface area contributed by atoms with Gasteiger partial charge in [-0.15, -0.1) is 5.10 Å². The van der Waals surface area contributed by atoms with Crippen molar-refractivity contribution in [3.63, 3.8) is 0 Å². The van der Waals surface area contributed by atoms with Crippen LogP contribution < -0.4 is 5.32 Å². The highest BCUT2D eigenvalue weighted by Gasteiger charge is 2.23. The maximum Gasteiger partial charge on any atom is 0.319 e. The molecule has 2 saturated heterocycles. The van der Waals surface area contributed by atoms with Gasteiger partial charge >= 0.3 is 6.01 Å². The topological polar surface area (TPSA) is 110 Å². The normalized spacial score (nSPS) is 18.0.